The van der Waals surface area contributed by atoms with Crippen LogP contribution in [0.3, 0.4) is 0 Å². The number of nitrogens with zero attached hydrogens (tertiary/aromatic N) is 1. The van der Waals surface area contributed by atoms with Crippen LogP contribution in [0.5, 0.6) is 0 Å². The van der Waals surface area contributed by atoms with Gasteiger partial charge in [0.25, 0.3) is 0 Å². The highest BCUT2D eigenvalue weighted by atomic mass is 79.9. The lowest BCUT2D eigenvalue weighted by Gasteiger charge is -2.19. The summed E-state index contributed by atoms with van der Waals surface area (Å²) in [5, 5.41) is 0. The van der Waals surface area contributed by atoms with Crippen molar-refractivity contribution in [3.05, 3.63) is 34.3 Å². The maximum Gasteiger partial charge on any atom is 0.326 e. The van der Waals surface area contributed by atoms with Crippen LogP contribution in [0.1, 0.15) is 31.2 Å². The summed E-state index contributed by atoms with van der Waals surface area (Å²) in [6.45, 7) is -0.142. The van der Waals surface area contributed by atoms with Crippen molar-refractivity contribution in [3.8, 4) is 0 Å². The predicted molar refractivity (Wildman–Crippen MR) is 86.1 cm³/mol. The fourth-order valence-electron chi connectivity index (χ4n) is 3.31. The van der Waals surface area contributed by atoms with E-state index >= 15 is 0 Å². The van der Waals surface area contributed by atoms with Crippen LogP contribution in [-0.2, 0) is 25.7 Å². The number of rotatable bonds is 4. The molecule has 1 aromatic rings. The van der Waals surface area contributed by atoms with Gasteiger partial charge in [-0.15, -0.1) is 0 Å². The summed E-state index contributed by atoms with van der Waals surface area (Å²) >= 11 is 3.34. The van der Waals surface area contributed by atoms with Crippen LogP contribution < -0.4 is 0 Å². The maximum atomic E-state index is 12.3. The highest BCUT2D eigenvalue weighted by Crippen LogP contribution is 2.37. The number of esters is 1. The van der Waals surface area contributed by atoms with Crippen LogP contribution in [0.15, 0.2) is 28.7 Å². The lowest BCUT2D eigenvalue weighted by Crippen LogP contribution is -2.36. The number of amides is 2. The molecule has 1 saturated carbocycles. The Balaban J connectivity index is 1.56. The third kappa shape index (κ3) is 3.47. The van der Waals surface area contributed by atoms with Gasteiger partial charge in [-0.2, -0.15) is 0 Å². The number of fused-ring (bicyclic) bond motifs is 1. The summed E-state index contributed by atoms with van der Waals surface area (Å²) in [4.78, 5) is 37.6. The van der Waals surface area contributed by atoms with E-state index in [1.807, 2.05) is 24.3 Å². The molecule has 2 fully saturated rings. The molecule has 6 heteroatoms. The fraction of sp³-hybridized carbons (Fsp3) is 0.471. The molecular weight excluding hydrogens is 362 g/mol. The minimum Gasteiger partial charge on any atom is -0.459 e. The van der Waals surface area contributed by atoms with Crippen molar-refractivity contribution in [3.63, 3.8) is 0 Å². The molecule has 1 saturated heterocycles. The summed E-state index contributed by atoms with van der Waals surface area (Å²) in [5.41, 5.74) is 0.856. The molecule has 5 nitrogen and oxygen atoms in total. The summed E-state index contributed by atoms with van der Waals surface area (Å²) in [6.07, 6.45) is 3.45. The SMILES string of the molecule is O=C(CN1C(=O)C2CCCCC2C1=O)OCc1ccc(Br)cc1. The molecule has 122 valence electrons. The number of hydrogen-bond donors (Lipinski definition) is 0. The monoisotopic (exact) mass is 379 g/mol. The maximum absolute atomic E-state index is 12.3. The highest BCUT2D eigenvalue weighted by Gasteiger charge is 2.48. The normalized spacial score (nSPS) is 23.8. The van der Waals surface area contributed by atoms with Crippen molar-refractivity contribution >= 4 is 33.7 Å². The highest BCUT2D eigenvalue weighted by molar-refractivity contribution is 9.10. The van der Waals surface area contributed by atoms with Gasteiger partial charge in [-0.1, -0.05) is 40.9 Å². The van der Waals surface area contributed by atoms with Crippen molar-refractivity contribution in [1.29, 1.82) is 0 Å². The van der Waals surface area contributed by atoms with Gasteiger partial charge in [0.1, 0.15) is 13.2 Å². The van der Waals surface area contributed by atoms with Crippen LogP contribution in [-0.4, -0.2) is 29.2 Å². The van der Waals surface area contributed by atoms with Gasteiger partial charge in [0, 0.05) is 4.47 Å². The number of halogens is 1. The van der Waals surface area contributed by atoms with Crippen molar-refractivity contribution in [2.24, 2.45) is 11.8 Å². The van der Waals surface area contributed by atoms with Crippen molar-refractivity contribution < 1.29 is 19.1 Å². The Morgan fingerprint density at radius 2 is 1.65 bits per heavy atom. The standard InChI is InChI=1S/C17H18BrNO4/c18-12-7-5-11(6-8-12)10-23-15(20)9-19-16(21)13-3-1-2-4-14(13)17(19)22/h5-8,13-14H,1-4,9-10H2. The predicted octanol–water partition coefficient (Wildman–Crippen LogP) is 2.67. The molecule has 1 aromatic carbocycles. The van der Waals surface area contributed by atoms with Crippen molar-refractivity contribution in [2.45, 2.75) is 32.3 Å². The van der Waals surface area contributed by atoms with Crippen LogP contribution in [0.2, 0.25) is 0 Å². The molecule has 3 rings (SSSR count). The Labute approximate surface area is 143 Å². The third-order valence-corrected chi connectivity index (χ3v) is 5.06. The Kier molecular flexibility index (Phi) is 4.80. The van der Waals surface area contributed by atoms with Crippen LogP contribution >= 0.6 is 15.9 Å². The molecule has 2 amide bonds. The fourth-order valence-corrected chi connectivity index (χ4v) is 3.57. The van der Waals surface area contributed by atoms with E-state index in [1.165, 1.54) is 0 Å². The van der Waals surface area contributed by atoms with E-state index in [4.69, 9.17) is 4.74 Å². The molecule has 0 bridgehead atoms. The molecular formula is C17H18BrNO4. The second-order valence-corrected chi connectivity index (χ2v) is 6.96. The van der Waals surface area contributed by atoms with E-state index in [-0.39, 0.29) is 36.8 Å². The van der Waals surface area contributed by atoms with Crippen molar-refractivity contribution in [2.75, 3.05) is 6.54 Å². The molecule has 1 heterocycles. The first-order valence-corrected chi connectivity index (χ1v) is 8.61. The topological polar surface area (TPSA) is 63.7 Å². The molecule has 1 aliphatic heterocycles. The zero-order valence-electron chi connectivity index (χ0n) is 12.7. The van der Waals surface area contributed by atoms with E-state index in [9.17, 15) is 14.4 Å². The van der Waals surface area contributed by atoms with Crippen molar-refractivity contribution in [1.82, 2.24) is 4.90 Å². The second kappa shape index (κ2) is 6.83. The number of ether oxygens (including phenoxy) is 1. The van der Waals surface area contributed by atoms with Gasteiger partial charge in [0.15, 0.2) is 0 Å². The first-order chi connectivity index (χ1) is 11.1. The Morgan fingerprint density at radius 1 is 1.09 bits per heavy atom. The molecule has 0 spiro atoms. The van der Waals surface area contributed by atoms with E-state index in [0.717, 1.165) is 40.6 Å². The summed E-state index contributed by atoms with van der Waals surface area (Å²) < 4.78 is 6.13. The number of carbonyl (C=O) groups excluding carboxylic acids is 3. The van der Waals surface area contributed by atoms with E-state index in [0.29, 0.717) is 0 Å². The smallest absolute Gasteiger partial charge is 0.326 e. The molecule has 2 atom stereocenters. The Hall–Kier alpha value is -1.69. The van der Waals surface area contributed by atoms with E-state index < -0.39 is 5.97 Å². The lowest BCUT2D eigenvalue weighted by molar-refractivity contribution is -0.153. The molecule has 2 unspecified atom stereocenters. The van der Waals surface area contributed by atoms with Crippen LogP contribution in [0, 0.1) is 11.8 Å². The van der Waals surface area contributed by atoms with E-state index in [1.54, 1.807) is 0 Å². The van der Waals surface area contributed by atoms with Gasteiger partial charge in [0.2, 0.25) is 11.8 Å². The van der Waals surface area contributed by atoms with Crippen LogP contribution in [0.25, 0.3) is 0 Å². The molecule has 23 heavy (non-hydrogen) atoms. The summed E-state index contributed by atoms with van der Waals surface area (Å²) in [5.74, 6) is -1.42. The van der Waals surface area contributed by atoms with E-state index in [2.05, 4.69) is 15.9 Å². The zero-order chi connectivity index (χ0) is 16.4. The molecule has 0 N–H and O–H groups in total. The van der Waals surface area contributed by atoms with Gasteiger partial charge in [-0.05, 0) is 30.5 Å². The second-order valence-electron chi connectivity index (χ2n) is 6.05. The third-order valence-electron chi connectivity index (χ3n) is 4.53. The molecule has 0 aromatic heterocycles. The zero-order valence-corrected chi connectivity index (χ0v) is 14.3. The van der Waals surface area contributed by atoms with Crippen LogP contribution in [0.4, 0.5) is 0 Å². The van der Waals surface area contributed by atoms with Gasteiger partial charge in [0.05, 0.1) is 11.8 Å². The number of imide groups is 1. The minimum atomic E-state index is -0.548. The first kappa shape index (κ1) is 16.2. The summed E-state index contributed by atoms with van der Waals surface area (Å²) in [6, 6.07) is 7.42. The first-order valence-electron chi connectivity index (χ1n) is 7.81. The molecule has 0 radical (unpaired) electrons. The number of hydrogen-bond acceptors (Lipinski definition) is 4. The average molecular weight is 380 g/mol. The average Bonchev–Trinajstić information content (AvgIpc) is 2.80. The largest absolute Gasteiger partial charge is 0.459 e. The minimum absolute atomic E-state index is 0.134. The number of benzene rings is 1. The Bertz CT molecular complexity index is 604. The summed E-state index contributed by atoms with van der Waals surface area (Å²) in [7, 11) is 0. The van der Waals surface area contributed by atoms with Gasteiger partial charge >= 0.3 is 5.97 Å². The van der Waals surface area contributed by atoms with Gasteiger partial charge in [-0.3, -0.25) is 19.3 Å². The Morgan fingerprint density at radius 3 is 2.22 bits per heavy atom. The molecule has 2 aliphatic rings. The van der Waals surface area contributed by atoms with Gasteiger partial charge in [-0.25, -0.2) is 0 Å². The molecule has 1 aliphatic carbocycles. The number of likely N-dealkylation sites (tertiary alicyclic amines) is 1. The van der Waals surface area contributed by atoms with Gasteiger partial charge < -0.3 is 4.74 Å². The lowest BCUT2D eigenvalue weighted by atomic mass is 9.81. The number of carbonyl (C=O) groups is 3. The quantitative estimate of drug-likeness (QED) is 0.595.